The number of amides is 2. The molecule has 0 radical (unpaired) electrons. The number of methoxy groups -OCH3 is 4. The van der Waals surface area contributed by atoms with Gasteiger partial charge < -0.3 is 48.5 Å². The summed E-state index contributed by atoms with van der Waals surface area (Å²) in [5.74, 6) is -1.06. The van der Waals surface area contributed by atoms with Crippen molar-refractivity contribution >= 4 is 41.1 Å². The molecule has 0 bridgehead atoms. The zero-order valence-corrected chi connectivity index (χ0v) is 42.4. The molecule has 15 nitrogen and oxygen atoms in total. The molecule has 0 spiro atoms. The number of hydrogen-bond acceptors (Lipinski definition) is 13. The molecule has 1 heterocycles. The summed E-state index contributed by atoms with van der Waals surface area (Å²) in [4.78, 5) is 66.2. The van der Waals surface area contributed by atoms with Crippen LogP contribution in [0.15, 0.2) is 36.4 Å². The molecule has 1 saturated heterocycles. The number of fused-ring (bicyclic) bond motifs is 5. The summed E-state index contributed by atoms with van der Waals surface area (Å²) in [5, 5.41) is 5.38. The minimum atomic E-state index is -1.14. The van der Waals surface area contributed by atoms with E-state index in [0.717, 1.165) is 32.1 Å². The Labute approximate surface area is 401 Å². The number of nitrogens with one attached hydrogen (secondary N) is 2. The largest absolute Gasteiger partial charge is 0.497 e. The van der Waals surface area contributed by atoms with Gasteiger partial charge in [-0.25, -0.2) is 4.79 Å². The minimum Gasteiger partial charge on any atom is -0.497 e. The zero-order chi connectivity index (χ0) is 49.8. The lowest BCUT2D eigenvalue weighted by Crippen LogP contribution is -2.67. The average Bonchev–Trinajstić information content (AvgIpc) is 3.87. The van der Waals surface area contributed by atoms with Crippen molar-refractivity contribution in [3.8, 4) is 23.0 Å². The standard InChI is InChI=1S/C53H74N2O13/c1-30(56)65-38-28-40-50(6)22-20-41(66-44(58)29-43(57)54-34-26-31(61-10)14-16-36(34)63-12)48(2,3)39(50)19-24-51(40,7)52(8)23-18-33(45(38)52)53(9)25-21-42(67-53)49(4,5)68-47(60)46(59)55-35-27-32(62-11)15-17-37(35)64-13/h14-17,26-27,33,38-42,45H,18-25,28-29H2,1-13H3,(H,54,57)(H,55,59)/t33-,38+,39-,40+,41+,42+,45-,50-,51+,52+,53-/m0/s1. The normalized spacial score (nSPS) is 33.6. The summed E-state index contributed by atoms with van der Waals surface area (Å²) >= 11 is 0. The van der Waals surface area contributed by atoms with Crippen molar-refractivity contribution < 1.29 is 61.9 Å². The van der Waals surface area contributed by atoms with E-state index in [0.29, 0.717) is 54.4 Å². The zero-order valence-electron chi connectivity index (χ0n) is 42.4. The van der Waals surface area contributed by atoms with E-state index < -0.39 is 52.9 Å². The molecule has 11 atom stereocenters. The number of hydrogen-bond donors (Lipinski definition) is 2. The van der Waals surface area contributed by atoms with Crippen molar-refractivity contribution in [3.63, 3.8) is 0 Å². The van der Waals surface area contributed by atoms with Gasteiger partial charge >= 0.3 is 23.8 Å². The first kappa shape index (κ1) is 50.8. The smallest absolute Gasteiger partial charge is 0.397 e. The number of esters is 3. The monoisotopic (exact) mass is 947 g/mol. The van der Waals surface area contributed by atoms with Crippen LogP contribution in [-0.2, 0) is 42.9 Å². The van der Waals surface area contributed by atoms with Crippen LogP contribution in [-0.4, -0.2) is 87.7 Å². The number of rotatable bonds is 13. The Morgan fingerprint density at radius 2 is 1.31 bits per heavy atom. The molecule has 15 heteroatoms. The van der Waals surface area contributed by atoms with Crippen LogP contribution < -0.4 is 29.6 Å². The first-order valence-corrected chi connectivity index (χ1v) is 24.2. The molecule has 4 aliphatic carbocycles. The van der Waals surface area contributed by atoms with E-state index in [1.807, 2.05) is 0 Å². The highest BCUT2D eigenvalue weighted by Gasteiger charge is 2.73. The maximum atomic E-state index is 13.5. The third kappa shape index (κ3) is 9.01. The molecule has 0 aromatic heterocycles. The summed E-state index contributed by atoms with van der Waals surface area (Å²) in [5.41, 5.74) is -1.94. The Morgan fingerprint density at radius 1 is 0.706 bits per heavy atom. The maximum Gasteiger partial charge on any atom is 0.397 e. The van der Waals surface area contributed by atoms with E-state index in [-0.39, 0.29) is 63.8 Å². The lowest BCUT2D eigenvalue weighted by Gasteiger charge is -2.70. The Hall–Kier alpha value is -5.05. The Balaban J connectivity index is 1.05. The molecule has 0 unspecified atom stereocenters. The third-order valence-electron chi connectivity index (χ3n) is 18.0. The molecule has 68 heavy (non-hydrogen) atoms. The van der Waals surface area contributed by atoms with Gasteiger partial charge in [-0.05, 0) is 137 Å². The fourth-order valence-corrected chi connectivity index (χ4v) is 14.4. The highest BCUT2D eigenvalue weighted by atomic mass is 16.6. The van der Waals surface area contributed by atoms with Crippen LogP contribution in [0.1, 0.15) is 127 Å². The van der Waals surface area contributed by atoms with Crippen molar-refractivity contribution in [2.45, 2.75) is 156 Å². The van der Waals surface area contributed by atoms with Crippen LogP contribution in [0.4, 0.5) is 11.4 Å². The van der Waals surface area contributed by atoms with E-state index in [1.165, 1.54) is 35.4 Å². The molecule has 5 aliphatic rings. The van der Waals surface area contributed by atoms with Gasteiger partial charge in [0.25, 0.3) is 0 Å². The lowest BCUT2D eigenvalue weighted by atomic mass is 9.35. The predicted molar refractivity (Wildman–Crippen MR) is 253 cm³/mol. The molecule has 2 aromatic carbocycles. The molecule has 5 fully saturated rings. The van der Waals surface area contributed by atoms with Crippen molar-refractivity contribution in [1.29, 1.82) is 0 Å². The molecule has 7 rings (SSSR count). The summed E-state index contributed by atoms with van der Waals surface area (Å²) in [6.45, 7) is 18.9. The molecular weight excluding hydrogens is 873 g/mol. The van der Waals surface area contributed by atoms with E-state index in [2.05, 4.69) is 52.2 Å². The van der Waals surface area contributed by atoms with Gasteiger partial charge in [0.05, 0.1) is 51.5 Å². The number of benzene rings is 2. The van der Waals surface area contributed by atoms with Crippen LogP contribution in [0.2, 0.25) is 0 Å². The number of carbonyl (C=O) groups excluding carboxylic acids is 5. The first-order chi connectivity index (χ1) is 31.9. The third-order valence-corrected chi connectivity index (χ3v) is 18.0. The highest BCUT2D eigenvalue weighted by Crippen LogP contribution is 2.76. The Kier molecular flexibility index (Phi) is 14.0. The second kappa shape index (κ2) is 18.7. The molecule has 374 valence electrons. The second-order valence-electron chi connectivity index (χ2n) is 22.1. The van der Waals surface area contributed by atoms with Crippen LogP contribution >= 0.6 is 0 Å². The molecule has 2 aromatic rings. The summed E-state index contributed by atoms with van der Waals surface area (Å²) in [6, 6.07) is 9.95. The fraction of sp³-hybridized carbons (Fsp3) is 0.679. The molecule has 4 saturated carbocycles. The van der Waals surface area contributed by atoms with Crippen LogP contribution in [0.3, 0.4) is 0 Å². The topological polar surface area (TPSA) is 183 Å². The van der Waals surface area contributed by atoms with Gasteiger partial charge in [-0.3, -0.25) is 19.2 Å². The van der Waals surface area contributed by atoms with Gasteiger partial charge in [-0.2, -0.15) is 0 Å². The van der Waals surface area contributed by atoms with E-state index >= 15 is 0 Å². The van der Waals surface area contributed by atoms with Crippen molar-refractivity contribution in [1.82, 2.24) is 0 Å². The summed E-state index contributed by atoms with van der Waals surface area (Å²) in [6.07, 6.45) is 5.58. The number of anilines is 2. The van der Waals surface area contributed by atoms with Gasteiger partial charge in [0.15, 0.2) is 0 Å². The first-order valence-electron chi connectivity index (χ1n) is 24.2. The quantitative estimate of drug-likeness (QED) is 0.0840. The van der Waals surface area contributed by atoms with Gasteiger partial charge in [0.1, 0.15) is 47.2 Å². The Morgan fingerprint density at radius 3 is 1.90 bits per heavy atom. The van der Waals surface area contributed by atoms with E-state index in [1.54, 1.807) is 50.2 Å². The van der Waals surface area contributed by atoms with Crippen LogP contribution in [0.25, 0.3) is 0 Å². The lowest BCUT2D eigenvalue weighted by molar-refractivity contribution is -0.254. The number of carbonyl (C=O) groups is 5. The summed E-state index contributed by atoms with van der Waals surface area (Å²) in [7, 11) is 6.01. The predicted octanol–water partition coefficient (Wildman–Crippen LogP) is 9.09. The molecular formula is C53H74N2O13. The second-order valence-corrected chi connectivity index (χ2v) is 22.1. The fourth-order valence-electron chi connectivity index (χ4n) is 14.4. The molecule has 2 N–H and O–H groups in total. The van der Waals surface area contributed by atoms with Crippen molar-refractivity contribution in [2.24, 2.45) is 45.3 Å². The van der Waals surface area contributed by atoms with Crippen LogP contribution in [0, 0.1) is 45.3 Å². The molecule has 2 amide bonds. The van der Waals surface area contributed by atoms with Gasteiger partial charge in [-0.15, -0.1) is 0 Å². The van der Waals surface area contributed by atoms with E-state index in [4.69, 9.17) is 37.9 Å². The average molecular weight is 947 g/mol. The van der Waals surface area contributed by atoms with Crippen LogP contribution in [0.5, 0.6) is 23.0 Å². The number of ether oxygens (including phenoxy) is 8. The highest BCUT2D eigenvalue weighted by molar-refractivity contribution is 6.37. The molecule has 1 aliphatic heterocycles. The van der Waals surface area contributed by atoms with Gasteiger partial charge in [-0.1, -0.05) is 34.6 Å². The van der Waals surface area contributed by atoms with Crippen molar-refractivity contribution in [2.75, 3.05) is 39.1 Å². The summed E-state index contributed by atoms with van der Waals surface area (Å²) < 4.78 is 47.0. The SMILES string of the molecule is COc1ccc(OC)c(NC(=O)CC(=O)O[C@@H]2CC[C@]3(C)[C@H]4C[C@@H](OC(C)=O)[C@@H]5[C@@H]([C@]6(C)CC[C@H](C(C)(C)OC(=O)C(=O)Nc7cc(OC)ccc7OC)O6)CC[C@@]5(C)[C@]4(C)CC[C@H]3C2(C)C)c1. The Bertz CT molecular complexity index is 2280. The minimum absolute atomic E-state index is 0.0132. The van der Waals surface area contributed by atoms with Gasteiger partial charge in [0, 0.05) is 30.4 Å². The maximum absolute atomic E-state index is 13.5. The van der Waals surface area contributed by atoms with Crippen molar-refractivity contribution in [3.05, 3.63) is 36.4 Å². The van der Waals surface area contributed by atoms with E-state index in [9.17, 15) is 24.0 Å². The van der Waals surface area contributed by atoms with Gasteiger partial charge in [0.2, 0.25) is 5.91 Å².